The van der Waals surface area contributed by atoms with Crippen LogP contribution >= 0.6 is 11.6 Å². The molecule has 0 saturated carbocycles. The first kappa shape index (κ1) is 12.4. The number of benzene rings is 1. The highest BCUT2D eigenvalue weighted by molar-refractivity contribution is 6.30. The van der Waals surface area contributed by atoms with Gasteiger partial charge in [0.1, 0.15) is 0 Å². The first-order valence-corrected chi connectivity index (χ1v) is 7.10. The van der Waals surface area contributed by atoms with E-state index in [4.69, 9.17) is 11.6 Å². The molecule has 3 nitrogen and oxygen atoms in total. The van der Waals surface area contributed by atoms with Crippen LogP contribution < -0.4 is 5.32 Å². The summed E-state index contributed by atoms with van der Waals surface area (Å²) in [7, 11) is 0. The molecule has 0 radical (unpaired) electrons. The summed E-state index contributed by atoms with van der Waals surface area (Å²) in [6.45, 7) is 8.13. The Morgan fingerprint density at radius 3 is 2.72 bits per heavy atom. The van der Waals surface area contributed by atoms with Crippen molar-refractivity contribution in [3.05, 3.63) is 34.9 Å². The summed E-state index contributed by atoms with van der Waals surface area (Å²) in [4.78, 5) is 5.11. The van der Waals surface area contributed by atoms with Gasteiger partial charge in [-0.1, -0.05) is 23.7 Å². The van der Waals surface area contributed by atoms with Crippen LogP contribution in [-0.2, 0) is 6.54 Å². The number of likely N-dealkylation sites (tertiary alicyclic amines) is 1. The maximum Gasteiger partial charge on any atom is 0.0409 e. The smallest absolute Gasteiger partial charge is 0.0409 e. The molecule has 98 valence electrons. The van der Waals surface area contributed by atoms with Gasteiger partial charge in [-0.25, -0.2) is 0 Å². The summed E-state index contributed by atoms with van der Waals surface area (Å²) in [6, 6.07) is 8.96. The maximum absolute atomic E-state index is 6.01. The van der Waals surface area contributed by atoms with E-state index in [1.807, 2.05) is 12.1 Å². The van der Waals surface area contributed by atoms with E-state index < -0.39 is 0 Å². The van der Waals surface area contributed by atoms with Crippen molar-refractivity contribution in [3.8, 4) is 0 Å². The lowest BCUT2D eigenvalue weighted by Gasteiger charge is -2.46. The summed E-state index contributed by atoms with van der Waals surface area (Å²) >= 11 is 6.01. The third kappa shape index (κ3) is 2.86. The summed E-state index contributed by atoms with van der Waals surface area (Å²) in [6.07, 6.45) is 0. The van der Waals surface area contributed by atoms with E-state index >= 15 is 0 Å². The van der Waals surface area contributed by atoms with E-state index in [9.17, 15) is 0 Å². The highest BCUT2D eigenvalue weighted by Gasteiger charge is 2.31. The number of hydrogen-bond acceptors (Lipinski definition) is 3. The molecule has 2 aliphatic heterocycles. The van der Waals surface area contributed by atoms with E-state index in [0.717, 1.165) is 30.7 Å². The third-order valence-electron chi connectivity index (χ3n) is 3.90. The molecule has 3 rings (SSSR count). The zero-order chi connectivity index (χ0) is 12.4. The minimum atomic E-state index is 0.770. The Labute approximate surface area is 114 Å². The molecular weight excluding hydrogens is 246 g/mol. The zero-order valence-corrected chi connectivity index (χ0v) is 11.4. The highest BCUT2D eigenvalue weighted by atomic mass is 35.5. The summed E-state index contributed by atoms with van der Waals surface area (Å²) in [5, 5.41) is 4.24. The molecule has 0 unspecified atom stereocenters. The number of piperazine rings is 1. The van der Waals surface area contributed by atoms with Gasteiger partial charge < -0.3 is 5.32 Å². The molecule has 0 aliphatic carbocycles. The molecule has 0 aromatic heterocycles. The minimum absolute atomic E-state index is 0.770. The largest absolute Gasteiger partial charge is 0.314 e. The maximum atomic E-state index is 6.01. The minimum Gasteiger partial charge on any atom is -0.314 e. The molecule has 1 aromatic carbocycles. The first-order chi connectivity index (χ1) is 8.81. The van der Waals surface area contributed by atoms with Gasteiger partial charge >= 0.3 is 0 Å². The Morgan fingerprint density at radius 2 is 2.00 bits per heavy atom. The van der Waals surface area contributed by atoms with Crippen molar-refractivity contribution < 1.29 is 0 Å². The van der Waals surface area contributed by atoms with Gasteiger partial charge in [0, 0.05) is 56.9 Å². The molecule has 0 spiro atoms. The fourth-order valence-electron chi connectivity index (χ4n) is 2.84. The topological polar surface area (TPSA) is 18.5 Å². The van der Waals surface area contributed by atoms with Crippen LogP contribution in [0.5, 0.6) is 0 Å². The number of nitrogens with one attached hydrogen (secondary N) is 1. The molecule has 0 atom stereocenters. The van der Waals surface area contributed by atoms with Crippen molar-refractivity contribution in [2.45, 2.75) is 12.6 Å². The zero-order valence-electron chi connectivity index (χ0n) is 10.6. The second-order valence-electron chi connectivity index (χ2n) is 5.26. The van der Waals surface area contributed by atoms with Crippen LogP contribution in [0.1, 0.15) is 5.56 Å². The van der Waals surface area contributed by atoms with E-state index in [2.05, 4.69) is 27.2 Å². The molecule has 1 N–H and O–H groups in total. The monoisotopic (exact) mass is 265 g/mol. The van der Waals surface area contributed by atoms with Gasteiger partial charge in [-0.2, -0.15) is 0 Å². The van der Waals surface area contributed by atoms with E-state index in [0.29, 0.717) is 0 Å². The van der Waals surface area contributed by atoms with Gasteiger partial charge in [0.25, 0.3) is 0 Å². The number of hydrogen-bond donors (Lipinski definition) is 1. The lowest BCUT2D eigenvalue weighted by atomic mass is 10.0. The molecule has 2 fully saturated rings. The number of halogens is 1. The fourth-order valence-corrected chi connectivity index (χ4v) is 3.06. The Balaban J connectivity index is 1.47. The molecule has 0 bridgehead atoms. The Morgan fingerprint density at radius 1 is 1.22 bits per heavy atom. The van der Waals surface area contributed by atoms with Gasteiger partial charge in [-0.3, -0.25) is 9.80 Å². The second kappa shape index (κ2) is 5.57. The Kier molecular flexibility index (Phi) is 3.85. The quantitative estimate of drug-likeness (QED) is 0.892. The molecule has 2 heterocycles. The van der Waals surface area contributed by atoms with Crippen LogP contribution in [0, 0.1) is 0 Å². The van der Waals surface area contributed by atoms with Crippen molar-refractivity contribution in [1.29, 1.82) is 0 Å². The van der Waals surface area contributed by atoms with Gasteiger partial charge in [-0.05, 0) is 17.7 Å². The Hall–Kier alpha value is -0.610. The number of rotatable bonds is 3. The van der Waals surface area contributed by atoms with Crippen molar-refractivity contribution in [3.63, 3.8) is 0 Å². The summed E-state index contributed by atoms with van der Waals surface area (Å²) in [5.74, 6) is 0. The molecule has 4 heteroatoms. The van der Waals surface area contributed by atoms with Crippen LogP contribution in [0.15, 0.2) is 24.3 Å². The van der Waals surface area contributed by atoms with Crippen LogP contribution in [0.3, 0.4) is 0 Å². The molecule has 1 aromatic rings. The summed E-state index contributed by atoms with van der Waals surface area (Å²) in [5.41, 5.74) is 1.32. The van der Waals surface area contributed by atoms with Gasteiger partial charge in [0.05, 0.1) is 0 Å². The molecule has 2 saturated heterocycles. The summed E-state index contributed by atoms with van der Waals surface area (Å²) < 4.78 is 0. The number of nitrogens with zero attached hydrogens (tertiary/aromatic N) is 2. The molecule has 2 aliphatic rings. The normalized spacial score (nSPS) is 22.9. The average molecular weight is 266 g/mol. The average Bonchev–Trinajstić information content (AvgIpc) is 2.34. The SMILES string of the molecule is Clc1cccc(CN2CC(N3CCNCC3)C2)c1. The fraction of sp³-hybridized carbons (Fsp3) is 0.571. The predicted octanol–water partition coefficient (Wildman–Crippen LogP) is 1.43. The standard InChI is InChI=1S/C14H20ClN3/c15-13-3-1-2-12(8-13)9-17-10-14(11-17)18-6-4-16-5-7-18/h1-3,8,14,16H,4-7,9-11H2. The predicted molar refractivity (Wildman–Crippen MR) is 75.0 cm³/mol. The molecular formula is C14H20ClN3. The third-order valence-corrected chi connectivity index (χ3v) is 4.14. The van der Waals surface area contributed by atoms with Gasteiger partial charge in [0.15, 0.2) is 0 Å². The van der Waals surface area contributed by atoms with E-state index in [-0.39, 0.29) is 0 Å². The van der Waals surface area contributed by atoms with Crippen LogP contribution in [-0.4, -0.2) is 55.1 Å². The van der Waals surface area contributed by atoms with Gasteiger partial charge in [-0.15, -0.1) is 0 Å². The van der Waals surface area contributed by atoms with Gasteiger partial charge in [0.2, 0.25) is 0 Å². The van der Waals surface area contributed by atoms with Crippen LogP contribution in [0.25, 0.3) is 0 Å². The molecule has 0 amide bonds. The van der Waals surface area contributed by atoms with Crippen LogP contribution in [0.4, 0.5) is 0 Å². The Bertz CT molecular complexity index is 398. The van der Waals surface area contributed by atoms with E-state index in [1.54, 1.807) is 0 Å². The van der Waals surface area contributed by atoms with Crippen LogP contribution in [0.2, 0.25) is 5.02 Å². The van der Waals surface area contributed by atoms with Crippen molar-refractivity contribution >= 4 is 11.6 Å². The van der Waals surface area contributed by atoms with Crippen molar-refractivity contribution in [2.24, 2.45) is 0 Å². The lowest BCUT2D eigenvalue weighted by molar-refractivity contribution is 0.0223. The van der Waals surface area contributed by atoms with E-state index in [1.165, 1.54) is 31.7 Å². The lowest BCUT2D eigenvalue weighted by Crippen LogP contribution is -2.62. The second-order valence-corrected chi connectivity index (χ2v) is 5.70. The van der Waals surface area contributed by atoms with Crippen molar-refractivity contribution in [2.75, 3.05) is 39.3 Å². The molecule has 18 heavy (non-hydrogen) atoms. The first-order valence-electron chi connectivity index (χ1n) is 6.73. The highest BCUT2D eigenvalue weighted by Crippen LogP contribution is 2.19. The van der Waals surface area contributed by atoms with Crippen molar-refractivity contribution in [1.82, 2.24) is 15.1 Å².